The van der Waals surface area contributed by atoms with Crippen LogP contribution < -0.4 is 10.6 Å². The lowest BCUT2D eigenvalue weighted by molar-refractivity contribution is -0.119. The lowest BCUT2D eigenvalue weighted by atomic mass is 9.79. The Morgan fingerprint density at radius 3 is 2.59 bits per heavy atom. The van der Waals surface area contributed by atoms with E-state index < -0.39 is 30.3 Å². The van der Waals surface area contributed by atoms with Crippen molar-refractivity contribution in [2.24, 2.45) is 0 Å². The highest BCUT2D eigenvalue weighted by atomic mass is 19.3. The zero-order valence-electron chi connectivity index (χ0n) is 18.8. The van der Waals surface area contributed by atoms with Gasteiger partial charge in [-0.05, 0) is 25.0 Å². The summed E-state index contributed by atoms with van der Waals surface area (Å²) in [4.78, 5) is 30.0. The number of carbonyl (C=O) groups excluding carboxylic acids is 2. The van der Waals surface area contributed by atoms with E-state index in [1.165, 1.54) is 6.92 Å². The van der Waals surface area contributed by atoms with Gasteiger partial charge in [-0.2, -0.15) is 5.10 Å². The number of rotatable bonds is 6. The number of piperidine rings is 1. The first-order chi connectivity index (χ1) is 15.9. The molecule has 2 aromatic rings. The molecule has 1 atom stereocenters. The van der Waals surface area contributed by atoms with E-state index in [4.69, 9.17) is 0 Å². The number of nitrogens with one attached hydrogen (secondary N) is 3. The summed E-state index contributed by atoms with van der Waals surface area (Å²) in [6.07, 6.45) is -0.803. The van der Waals surface area contributed by atoms with Gasteiger partial charge in [0, 0.05) is 56.5 Å². The minimum atomic E-state index is -3.03. The van der Waals surface area contributed by atoms with E-state index in [0.717, 1.165) is 4.90 Å². The van der Waals surface area contributed by atoms with Crippen LogP contribution in [0.5, 0.6) is 0 Å². The molecule has 0 bridgehead atoms. The highest BCUT2D eigenvalue weighted by Gasteiger charge is 2.46. The second-order valence-corrected chi connectivity index (χ2v) is 9.08. The summed E-state index contributed by atoms with van der Waals surface area (Å²) >= 11 is 0. The number of halogens is 4. The predicted molar refractivity (Wildman–Crippen MR) is 115 cm³/mol. The largest absolute Gasteiger partial charge is 0.354 e. The van der Waals surface area contributed by atoms with Gasteiger partial charge in [-0.25, -0.2) is 22.5 Å². The average Bonchev–Trinajstić information content (AvgIpc) is 3.19. The van der Waals surface area contributed by atoms with Crippen LogP contribution in [0.15, 0.2) is 18.2 Å². The quantitative estimate of drug-likeness (QED) is 0.545. The first kappa shape index (κ1) is 24.0. The molecule has 2 amide bonds. The van der Waals surface area contributed by atoms with E-state index in [0.29, 0.717) is 17.1 Å². The van der Waals surface area contributed by atoms with Crippen LogP contribution >= 0.6 is 0 Å². The van der Waals surface area contributed by atoms with Crippen LogP contribution in [-0.4, -0.2) is 62.9 Å². The number of alkyl halides is 4. The van der Waals surface area contributed by atoms with Crippen molar-refractivity contribution in [3.05, 3.63) is 35.2 Å². The zero-order valence-corrected chi connectivity index (χ0v) is 18.8. The zero-order chi connectivity index (χ0) is 24.7. The maximum atomic E-state index is 14.1. The van der Waals surface area contributed by atoms with Gasteiger partial charge < -0.3 is 15.5 Å². The van der Waals surface area contributed by atoms with Crippen molar-refractivity contribution in [1.82, 2.24) is 25.4 Å². The molecule has 0 aromatic carbocycles. The number of H-pyrrole nitrogens is 1. The van der Waals surface area contributed by atoms with Crippen LogP contribution in [0.1, 0.15) is 60.3 Å². The molecule has 1 saturated heterocycles. The monoisotopic (exact) mass is 482 g/mol. The molecular weight excluding hydrogens is 456 g/mol. The standard InChI is InChI=1S/C22H26F4N6O2/c1-12-3-4-17(28-18-7-16(30-31-18)14-8-22(25,26)9-14)29-19(12)20(34)32-11-21(23,24)6-5-15(32)10-27-13(2)33/h3-4,7,14-15H,5-6,8-11H2,1-2H3,(H,27,33)(H2,28,29,30,31)/t15-/m1/s1. The Labute approximate surface area is 193 Å². The van der Waals surface area contributed by atoms with E-state index in [1.807, 2.05) is 0 Å². The molecule has 34 heavy (non-hydrogen) atoms. The number of aromatic amines is 1. The molecule has 184 valence electrons. The fourth-order valence-electron chi connectivity index (χ4n) is 4.28. The molecule has 4 rings (SSSR count). The number of aryl methyl sites for hydroxylation is 1. The van der Waals surface area contributed by atoms with Crippen LogP contribution in [0.25, 0.3) is 0 Å². The summed E-state index contributed by atoms with van der Waals surface area (Å²) in [7, 11) is 0. The molecule has 2 fully saturated rings. The molecular formula is C22H26F4N6O2. The van der Waals surface area contributed by atoms with Gasteiger partial charge in [0.1, 0.15) is 11.5 Å². The number of nitrogens with zero attached hydrogens (tertiary/aromatic N) is 3. The predicted octanol–water partition coefficient (Wildman–Crippen LogP) is 3.75. The summed E-state index contributed by atoms with van der Waals surface area (Å²) in [5.41, 5.74) is 1.08. The number of likely N-dealkylation sites (tertiary alicyclic amines) is 1. The van der Waals surface area contributed by atoms with Crippen LogP contribution in [0.4, 0.5) is 29.2 Å². The Balaban J connectivity index is 1.51. The molecule has 12 heteroatoms. The molecule has 2 aromatic heterocycles. The van der Waals surface area contributed by atoms with Crippen molar-refractivity contribution in [2.45, 2.75) is 63.3 Å². The molecule has 2 aliphatic rings. The molecule has 0 spiro atoms. The SMILES string of the molecule is CC(=O)NC[C@H]1CCC(F)(F)CN1C(=O)c1nc(Nc2cc(C3CC(F)(F)C3)[nH]n2)ccc1C. The van der Waals surface area contributed by atoms with Crippen molar-refractivity contribution in [3.63, 3.8) is 0 Å². The lowest BCUT2D eigenvalue weighted by Crippen LogP contribution is -2.55. The molecule has 3 N–H and O–H groups in total. The Morgan fingerprint density at radius 1 is 1.18 bits per heavy atom. The van der Waals surface area contributed by atoms with Gasteiger partial charge >= 0.3 is 0 Å². The number of aromatic nitrogens is 3. The third-order valence-electron chi connectivity index (χ3n) is 6.22. The number of amides is 2. The number of carbonyl (C=O) groups is 2. The Bertz CT molecular complexity index is 1080. The Hall–Kier alpha value is -3.18. The van der Waals surface area contributed by atoms with Gasteiger partial charge in [-0.3, -0.25) is 14.7 Å². The lowest BCUT2D eigenvalue weighted by Gasteiger charge is -2.39. The molecule has 1 saturated carbocycles. The number of hydrogen-bond donors (Lipinski definition) is 3. The first-order valence-corrected chi connectivity index (χ1v) is 11.0. The summed E-state index contributed by atoms with van der Waals surface area (Å²) in [5.74, 6) is -6.36. The second-order valence-electron chi connectivity index (χ2n) is 9.08. The number of hydrogen-bond acceptors (Lipinski definition) is 5. The van der Waals surface area contributed by atoms with Crippen molar-refractivity contribution in [3.8, 4) is 0 Å². The summed E-state index contributed by atoms with van der Waals surface area (Å²) in [5, 5.41) is 12.3. The summed E-state index contributed by atoms with van der Waals surface area (Å²) < 4.78 is 54.6. The van der Waals surface area contributed by atoms with Gasteiger partial charge in [0.2, 0.25) is 11.8 Å². The van der Waals surface area contributed by atoms with E-state index in [-0.39, 0.29) is 55.6 Å². The van der Waals surface area contributed by atoms with Crippen molar-refractivity contribution < 1.29 is 27.2 Å². The van der Waals surface area contributed by atoms with Crippen LogP contribution in [0.2, 0.25) is 0 Å². The molecule has 0 unspecified atom stereocenters. The first-order valence-electron chi connectivity index (χ1n) is 11.0. The molecule has 1 aliphatic carbocycles. The molecule has 0 radical (unpaired) electrons. The Kier molecular flexibility index (Phi) is 6.26. The maximum absolute atomic E-state index is 14.1. The Morgan fingerprint density at radius 2 is 1.91 bits per heavy atom. The topological polar surface area (TPSA) is 103 Å². The normalized spacial score (nSPS) is 21.6. The third kappa shape index (κ3) is 5.31. The number of anilines is 2. The smallest absolute Gasteiger partial charge is 0.273 e. The maximum Gasteiger partial charge on any atom is 0.273 e. The van der Waals surface area contributed by atoms with Gasteiger partial charge in [0.05, 0.1) is 6.54 Å². The van der Waals surface area contributed by atoms with Crippen LogP contribution in [0.3, 0.4) is 0 Å². The van der Waals surface area contributed by atoms with Gasteiger partial charge in [-0.15, -0.1) is 0 Å². The minimum Gasteiger partial charge on any atom is -0.354 e. The van der Waals surface area contributed by atoms with Gasteiger partial charge in [0.25, 0.3) is 11.8 Å². The number of pyridine rings is 1. The van der Waals surface area contributed by atoms with Gasteiger partial charge in [0.15, 0.2) is 5.82 Å². The van der Waals surface area contributed by atoms with Crippen molar-refractivity contribution in [2.75, 3.05) is 18.4 Å². The summed E-state index contributed by atoms with van der Waals surface area (Å²) in [6, 6.07) is 4.27. The average molecular weight is 482 g/mol. The fraction of sp³-hybridized carbons (Fsp3) is 0.545. The van der Waals surface area contributed by atoms with E-state index in [2.05, 4.69) is 25.8 Å². The molecule has 1 aliphatic heterocycles. The van der Waals surface area contributed by atoms with E-state index >= 15 is 0 Å². The van der Waals surface area contributed by atoms with Gasteiger partial charge in [-0.1, -0.05) is 6.07 Å². The van der Waals surface area contributed by atoms with Crippen molar-refractivity contribution in [1.29, 1.82) is 0 Å². The highest BCUT2D eigenvalue weighted by molar-refractivity contribution is 5.94. The van der Waals surface area contributed by atoms with E-state index in [1.54, 1.807) is 25.1 Å². The fourth-order valence-corrected chi connectivity index (χ4v) is 4.28. The van der Waals surface area contributed by atoms with E-state index in [9.17, 15) is 27.2 Å². The van der Waals surface area contributed by atoms with Crippen LogP contribution in [0, 0.1) is 6.92 Å². The molecule has 8 nitrogen and oxygen atoms in total. The summed E-state index contributed by atoms with van der Waals surface area (Å²) in [6.45, 7) is 2.29. The second kappa shape index (κ2) is 8.88. The highest BCUT2D eigenvalue weighted by Crippen LogP contribution is 2.48. The minimum absolute atomic E-state index is 0.00455. The third-order valence-corrected chi connectivity index (χ3v) is 6.22. The van der Waals surface area contributed by atoms with Crippen molar-refractivity contribution >= 4 is 23.5 Å². The molecule has 3 heterocycles. The van der Waals surface area contributed by atoms with Crippen LogP contribution in [-0.2, 0) is 4.79 Å².